The minimum Gasteiger partial charge on any atom is -0.495 e. The second-order valence-electron chi connectivity index (χ2n) is 6.74. The lowest BCUT2D eigenvalue weighted by atomic mass is 10.2. The molecule has 0 saturated carbocycles. The molecule has 0 aromatic heterocycles. The molecule has 1 aliphatic heterocycles. The van der Waals surface area contributed by atoms with Crippen LogP contribution in [0, 0.1) is 6.92 Å². The highest BCUT2D eigenvalue weighted by Gasteiger charge is 2.28. The maximum atomic E-state index is 12.9. The predicted octanol–water partition coefficient (Wildman–Crippen LogP) is 2.41. The Hall–Kier alpha value is -2.10. The van der Waals surface area contributed by atoms with E-state index >= 15 is 0 Å². The summed E-state index contributed by atoms with van der Waals surface area (Å²) in [6.07, 6.45) is 1.34. The molecule has 2 aromatic carbocycles. The predicted molar refractivity (Wildman–Crippen MR) is 109 cm³/mol. The molecule has 0 aliphatic carbocycles. The third-order valence-corrected chi connectivity index (χ3v) is 7.95. The Labute approximate surface area is 166 Å². The van der Waals surface area contributed by atoms with Crippen LogP contribution in [0.4, 0.5) is 5.69 Å². The first-order valence-corrected chi connectivity index (χ1v) is 12.1. The zero-order chi connectivity index (χ0) is 20.4. The van der Waals surface area contributed by atoms with Gasteiger partial charge in [0.2, 0.25) is 20.0 Å². The van der Waals surface area contributed by atoms with Crippen molar-refractivity contribution < 1.29 is 21.6 Å². The zero-order valence-corrected chi connectivity index (χ0v) is 17.5. The van der Waals surface area contributed by atoms with E-state index in [1.807, 2.05) is 31.2 Å². The number of nitrogens with zero attached hydrogens (tertiary/aromatic N) is 1. The number of nitrogens with one attached hydrogen (secondary N) is 1. The fourth-order valence-corrected chi connectivity index (χ4v) is 5.91. The van der Waals surface area contributed by atoms with Crippen LogP contribution in [0.25, 0.3) is 0 Å². The quantitative estimate of drug-likeness (QED) is 0.769. The van der Waals surface area contributed by atoms with Crippen LogP contribution >= 0.6 is 0 Å². The van der Waals surface area contributed by atoms with Gasteiger partial charge in [0.05, 0.1) is 18.6 Å². The highest BCUT2D eigenvalue weighted by molar-refractivity contribution is 7.92. The molecule has 0 radical (unpaired) electrons. The summed E-state index contributed by atoms with van der Waals surface area (Å²) in [5.74, 6) is 0.224. The van der Waals surface area contributed by atoms with Crippen LogP contribution in [0.1, 0.15) is 24.0 Å². The molecule has 0 atom stereocenters. The summed E-state index contributed by atoms with van der Waals surface area (Å²) in [6.45, 7) is 2.42. The van der Waals surface area contributed by atoms with Gasteiger partial charge >= 0.3 is 0 Å². The molecular weight excluding hydrogens is 400 g/mol. The number of rotatable bonds is 6. The standard InChI is InChI=1S/C19H24N2O5S2/c1-15-5-7-16(8-6-15)14-20-28(24,25)19-13-17(9-10-18(19)26-2)21-11-3-4-12-27(21,22)23/h5-10,13,20H,3-4,11-12,14H2,1-2H3. The first kappa shape index (κ1) is 20.6. The van der Waals surface area contributed by atoms with Crippen molar-refractivity contribution >= 4 is 25.7 Å². The van der Waals surface area contributed by atoms with Gasteiger partial charge in [-0.2, -0.15) is 0 Å². The van der Waals surface area contributed by atoms with E-state index in [0.29, 0.717) is 18.7 Å². The van der Waals surface area contributed by atoms with Gasteiger partial charge in [0.15, 0.2) is 0 Å². The monoisotopic (exact) mass is 424 g/mol. The Bertz CT molecular complexity index is 1050. The highest BCUT2D eigenvalue weighted by Crippen LogP contribution is 2.31. The van der Waals surface area contributed by atoms with Gasteiger partial charge in [-0.3, -0.25) is 4.31 Å². The minimum atomic E-state index is -3.91. The summed E-state index contributed by atoms with van der Waals surface area (Å²) >= 11 is 0. The van der Waals surface area contributed by atoms with E-state index in [1.165, 1.54) is 23.5 Å². The molecule has 9 heteroatoms. The Kier molecular flexibility index (Phi) is 5.97. The third-order valence-electron chi connectivity index (χ3n) is 4.66. The van der Waals surface area contributed by atoms with Gasteiger partial charge in [-0.25, -0.2) is 21.6 Å². The summed E-state index contributed by atoms with van der Waals surface area (Å²) in [5.41, 5.74) is 2.24. The lowest BCUT2D eigenvalue weighted by Gasteiger charge is -2.28. The maximum absolute atomic E-state index is 12.9. The van der Waals surface area contributed by atoms with Crippen LogP contribution in [0.2, 0.25) is 0 Å². The SMILES string of the molecule is COc1ccc(N2CCCCS2(=O)=O)cc1S(=O)(=O)NCc1ccc(C)cc1. The molecular formula is C19H24N2O5S2. The van der Waals surface area contributed by atoms with Crippen LogP contribution in [-0.4, -0.2) is 36.2 Å². The van der Waals surface area contributed by atoms with E-state index in [0.717, 1.165) is 17.5 Å². The third kappa shape index (κ3) is 4.48. The van der Waals surface area contributed by atoms with Crippen LogP contribution in [0.15, 0.2) is 47.4 Å². The van der Waals surface area contributed by atoms with Gasteiger partial charge in [0.1, 0.15) is 10.6 Å². The summed E-state index contributed by atoms with van der Waals surface area (Å²) in [5, 5.41) is 0. The Morgan fingerprint density at radius 2 is 1.82 bits per heavy atom. The minimum absolute atomic E-state index is 0.0623. The van der Waals surface area contributed by atoms with E-state index in [9.17, 15) is 16.8 Å². The molecule has 1 N–H and O–H groups in total. The topological polar surface area (TPSA) is 92.8 Å². The molecule has 0 bridgehead atoms. The zero-order valence-electron chi connectivity index (χ0n) is 15.9. The first-order valence-electron chi connectivity index (χ1n) is 8.96. The second kappa shape index (κ2) is 8.10. The summed E-state index contributed by atoms with van der Waals surface area (Å²) in [4.78, 5) is -0.0830. The van der Waals surface area contributed by atoms with Crippen molar-refractivity contribution in [1.29, 1.82) is 0 Å². The molecule has 1 heterocycles. The van der Waals surface area contributed by atoms with Gasteiger partial charge in [0.25, 0.3) is 0 Å². The first-order chi connectivity index (χ1) is 13.2. The van der Waals surface area contributed by atoms with Crippen LogP contribution in [0.5, 0.6) is 5.75 Å². The molecule has 28 heavy (non-hydrogen) atoms. The van der Waals surface area contributed by atoms with E-state index in [-0.39, 0.29) is 22.9 Å². The maximum Gasteiger partial charge on any atom is 0.244 e. The number of methoxy groups -OCH3 is 1. The number of hydrogen-bond acceptors (Lipinski definition) is 5. The normalized spacial score (nSPS) is 16.7. The van der Waals surface area contributed by atoms with Crippen molar-refractivity contribution in [3.63, 3.8) is 0 Å². The van der Waals surface area contributed by atoms with Crippen molar-refractivity contribution in [2.24, 2.45) is 0 Å². The number of hydrogen-bond donors (Lipinski definition) is 1. The number of sulfonamides is 2. The molecule has 1 saturated heterocycles. The number of ether oxygens (including phenoxy) is 1. The molecule has 0 unspecified atom stereocenters. The van der Waals surface area contributed by atoms with Crippen molar-refractivity contribution in [3.05, 3.63) is 53.6 Å². The van der Waals surface area contributed by atoms with Crippen LogP contribution in [0.3, 0.4) is 0 Å². The fourth-order valence-electron chi connectivity index (χ4n) is 3.07. The number of benzene rings is 2. The van der Waals surface area contributed by atoms with Gasteiger partial charge in [-0.15, -0.1) is 0 Å². The van der Waals surface area contributed by atoms with Gasteiger partial charge < -0.3 is 4.74 Å². The van der Waals surface area contributed by atoms with E-state index < -0.39 is 20.0 Å². The number of anilines is 1. The Morgan fingerprint density at radius 1 is 1.11 bits per heavy atom. The summed E-state index contributed by atoms with van der Waals surface area (Å²) in [6, 6.07) is 11.9. The molecule has 0 spiro atoms. The van der Waals surface area contributed by atoms with Crippen molar-refractivity contribution in [2.75, 3.05) is 23.7 Å². The van der Waals surface area contributed by atoms with Crippen LogP contribution < -0.4 is 13.8 Å². The smallest absolute Gasteiger partial charge is 0.244 e. The largest absolute Gasteiger partial charge is 0.495 e. The van der Waals surface area contributed by atoms with Crippen molar-refractivity contribution in [1.82, 2.24) is 4.72 Å². The molecule has 0 amide bonds. The van der Waals surface area contributed by atoms with Gasteiger partial charge in [0, 0.05) is 13.1 Å². The van der Waals surface area contributed by atoms with E-state index in [4.69, 9.17) is 4.74 Å². The lowest BCUT2D eigenvalue weighted by molar-refractivity contribution is 0.402. The van der Waals surface area contributed by atoms with E-state index in [1.54, 1.807) is 6.07 Å². The molecule has 7 nitrogen and oxygen atoms in total. The van der Waals surface area contributed by atoms with Gasteiger partial charge in [-0.05, 0) is 43.5 Å². The fraction of sp³-hybridized carbons (Fsp3) is 0.368. The highest BCUT2D eigenvalue weighted by atomic mass is 32.2. The average Bonchev–Trinajstić information content (AvgIpc) is 2.67. The molecule has 1 aliphatic rings. The van der Waals surface area contributed by atoms with Crippen molar-refractivity contribution in [3.8, 4) is 5.75 Å². The van der Waals surface area contributed by atoms with E-state index in [2.05, 4.69) is 4.72 Å². The molecule has 152 valence electrons. The molecule has 2 aromatic rings. The van der Waals surface area contributed by atoms with Gasteiger partial charge in [-0.1, -0.05) is 29.8 Å². The summed E-state index contributed by atoms with van der Waals surface area (Å²) < 4.78 is 59.6. The number of aryl methyl sites for hydroxylation is 1. The average molecular weight is 425 g/mol. The Balaban J connectivity index is 1.91. The lowest BCUT2D eigenvalue weighted by Crippen LogP contribution is -2.38. The Morgan fingerprint density at radius 3 is 2.46 bits per heavy atom. The second-order valence-corrected chi connectivity index (χ2v) is 10.5. The molecule has 3 rings (SSSR count). The van der Waals surface area contributed by atoms with Crippen LogP contribution in [-0.2, 0) is 26.6 Å². The summed E-state index contributed by atoms with van der Waals surface area (Å²) in [7, 11) is -5.97. The van der Waals surface area contributed by atoms with Crippen molar-refractivity contribution in [2.45, 2.75) is 31.2 Å². The molecule has 1 fully saturated rings.